The van der Waals surface area contributed by atoms with Gasteiger partial charge in [0.2, 0.25) is 0 Å². The van der Waals surface area contributed by atoms with Crippen LogP contribution in [0.4, 0.5) is 0 Å². The summed E-state index contributed by atoms with van der Waals surface area (Å²) in [6.45, 7) is 3.50. The van der Waals surface area contributed by atoms with Gasteiger partial charge in [0.15, 0.2) is 0 Å². The minimum absolute atomic E-state index is 1.14. The first-order chi connectivity index (χ1) is 4.79. The Bertz CT molecular complexity index is 184. The fourth-order valence-corrected chi connectivity index (χ4v) is 1.05. The molecule has 0 saturated heterocycles. The van der Waals surface area contributed by atoms with Crippen molar-refractivity contribution in [3.8, 4) is 6.57 Å². The molecule has 0 bridgehead atoms. The maximum atomic E-state index is 6.50. The normalized spacial score (nSPS) is 7.60. The molecule has 0 heterocycles. The molecule has 0 N–H and O–H groups in total. The highest BCUT2D eigenvalue weighted by Crippen LogP contribution is 2.11. The second-order valence-corrected chi connectivity index (χ2v) is 3.60. The van der Waals surface area contributed by atoms with E-state index in [4.69, 9.17) is 5.26 Å². The second kappa shape index (κ2) is 5.69. The van der Waals surface area contributed by atoms with Crippen molar-refractivity contribution in [1.29, 1.82) is 5.26 Å². The van der Waals surface area contributed by atoms with Crippen LogP contribution in [0.15, 0.2) is 28.7 Å². The van der Waals surface area contributed by atoms with Crippen LogP contribution in [0.3, 0.4) is 0 Å². The summed E-state index contributed by atoms with van der Waals surface area (Å²) >= 11 is 5.62. The van der Waals surface area contributed by atoms with Crippen LogP contribution in [0.1, 0.15) is 0 Å². The van der Waals surface area contributed by atoms with E-state index < -0.39 is 0 Å². The van der Waals surface area contributed by atoms with E-state index in [0.29, 0.717) is 0 Å². The average molecular weight is 310 g/mol. The highest BCUT2D eigenvalue weighted by molar-refractivity contribution is 14.1. The van der Waals surface area contributed by atoms with Crippen LogP contribution in [0, 0.1) is 15.4 Å². The Balaban J connectivity index is 0.000000371. The minimum atomic E-state index is 1.14. The van der Waals surface area contributed by atoms with Crippen molar-refractivity contribution < 1.29 is 0 Å². The van der Waals surface area contributed by atoms with Crippen LogP contribution >= 0.6 is 38.5 Å². The van der Waals surface area contributed by atoms with Crippen molar-refractivity contribution in [3.63, 3.8) is 0 Å². The van der Waals surface area contributed by atoms with Crippen molar-refractivity contribution in [2.75, 3.05) is 0 Å². The number of rotatable bonds is 0. The Labute approximate surface area is 82.3 Å². The molecular weight excluding hydrogens is 305 g/mol. The largest absolute Gasteiger partial charge is 0.202 e. The zero-order valence-corrected chi connectivity index (χ0v) is 8.83. The van der Waals surface area contributed by atoms with Crippen LogP contribution in [-0.2, 0) is 0 Å². The van der Waals surface area contributed by atoms with E-state index in [2.05, 4.69) is 57.2 Å². The van der Waals surface area contributed by atoms with Crippen LogP contribution in [0.2, 0.25) is 0 Å². The van der Waals surface area contributed by atoms with Crippen molar-refractivity contribution in [2.45, 2.75) is 0 Å². The second-order valence-electron chi connectivity index (χ2n) is 1.44. The van der Waals surface area contributed by atoms with Gasteiger partial charge in [-0.05, 0) is 46.9 Å². The van der Waals surface area contributed by atoms with Crippen molar-refractivity contribution >= 4 is 38.5 Å². The van der Waals surface area contributed by atoms with Crippen LogP contribution < -0.4 is 0 Å². The Morgan fingerprint density at radius 3 is 1.90 bits per heavy atom. The monoisotopic (exact) mass is 309 g/mol. The highest BCUT2D eigenvalue weighted by atomic mass is 127. The van der Waals surface area contributed by atoms with Gasteiger partial charge in [-0.25, -0.2) is 5.26 Å². The lowest BCUT2D eigenvalue weighted by Gasteiger charge is -1.86. The number of halogens is 2. The first kappa shape index (κ1) is 9.92. The predicted octanol–water partition coefficient (Wildman–Crippen LogP) is 3.19. The summed E-state index contributed by atoms with van der Waals surface area (Å²) < 4.78 is 2.41. The van der Waals surface area contributed by atoms with E-state index in [9.17, 15) is 0 Å². The molecule has 0 fully saturated rings. The summed E-state index contributed by atoms with van der Waals surface area (Å²) in [7, 11) is 0. The number of benzene rings is 1. The quantitative estimate of drug-likeness (QED) is 0.675. The number of hydrogen-bond acceptors (Lipinski definition) is 1. The van der Waals surface area contributed by atoms with Crippen molar-refractivity contribution in [2.24, 2.45) is 0 Å². The average Bonchev–Trinajstić information content (AvgIpc) is 2.00. The molecule has 0 amide bonds. The molecule has 0 saturated carbocycles. The molecule has 1 aromatic carbocycles. The van der Waals surface area contributed by atoms with Crippen molar-refractivity contribution in [1.82, 2.24) is 0 Å². The van der Waals surface area contributed by atoms with E-state index >= 15 is 0 Å². The molecule has 0 aliphatic heterocycles. The summed E-state index contributed by atoms with van der Waals surface area (Å²) in [5.74, 6) is 0. The molecule has 1 nitrogen and oxygen atoms in total. The standard InChI is InChI=1S/C6H4BrI.CHN/c7-5-1-3-6(8)4-2-5;1-2/h1-4H;1H. The van der Waals surface area contributed by atoms with E-state index in [1.807, 2.05) is 12.1 Å². The Morgan fingerprint density at radius 2 is 1.60 bits per heavy atom. The molecular formula is C7H5BrIN. The zero-order chi connectivity index (χ0) is 7.98. The van der Waals surface area contributed by atoms with Crippen LogP contribution in [-0.4, -0.2) is 0 Å². The summed E-state index contributed by atoms with van der Waals surface area (Å²) in [5.41, 5.74) is 0. The number of hydrogen-bond donors (Lipinski definition) is 0. The van der Waals surface area contributed by atoms with Gasteiger partial charge in [-0.2, -0.15) is 0 Å². The van der Waals surface area contributed by atoms with Gasteiger partial charge in [0, 0.05) is 14.6 Å². The first-order valence-electron chi connectivity index (χ1n) is 2.46. The maximum absolute atomic E-state index is 6.50. The molecule has 0 radical (unpaired) electrons. The molecule has 52 valence electrons. The molecule has 3 heteroatoms. The first-order valence-corrected chi connectivity index (χ1v) is 4.33. The van der Waals surface area contributed by atoms with Gasteiger partial charge in [0.25, 0.3) is 0 Å². The Kier molecular flexibility index (Phi) is 5.64. The molecule has 0 spiro atoms. The molecule has 1 rings (SSSR count). The fraction of sp³-hybridized carbons (Fsp3) is 0. The van der Waals surface area contributed by atoms with E-state index in [1.165, 1.54) is 3.57 Å². The lowest BCUT2D eigenvalue weighted by molar-refractivity contribution is 1.58. The third-order valence-electron chi connectivity index (χ3n) is 0.804. The molecule has 10 heavy (non-hydrogen) atoms. The number of nitriles is 1. The number of nitrogens with zero attached hydrogens (tertiary/aromatic N) is 1. The van der Waals surface area contributed by atoms with Gasteiger partial charge in [0.1, 0.15) is 0 Å². The summed E-state index contributed by atoms with van der Waals surface area (Å²) in [6.07, 6.45) is 0. The maximum Gasteiger partial charge on any atom is 0.0462 e. The topological polar surface area (TPSA) is 23.8 Å². The minimum Gasteiger partial charge on any atom is -0.202 e. The SMILES string of the molecule is Brc1ccc(I)cc1.C#N. The van der Waals surface area contributed by atoms with Gasteiger partial charge in [-0.3, -0.25) is 0 Å². The van der Waals surface area contributed by atoms with E-state index in [0.717, 1.165) is 4.47 Å². The molecule has 0 aliphatic carbocycles. The van der Waals surface area contributed by atoms with Gasteiger partial charge < -0.3 is 0 Å². The molecule has 0 unspecified atom stereocenters. The lowest BCUT2D eigenvalue weighted by atomic mass is 10.4. The Morgan fingerprint density at radius 1 is 1.20 bits per heavy atom. The summed E-state index contributed by atoms with van der Waals surface area (Å²) in [5, 5.41) is 6.50. The summed E-state index contributed by atoms with van der Waals surface area (Å²) in [6, 6.07) is 8.18. The molecule has 0 aliphatic rings. The third-order valence-corrected chi connectivity index (χ3v) is 2.05. The molecule has 0 aromatic heterocycles. The predicted molar refractivity (Wildman–Crippen MR) is 53.5 cm³/mol. The summed E-state index contributed by atoms with van der Waals surface area (Å²) in [4.78, 5) is 0. The highest BCUT2D eigenvalue weighted by Gasteiger charge is 1.82. The van der Waals surface area contributed by atoms with Gasteiger partial charge >= 0.3 is 0 Å². The zero-order valence-electron chi connectivity index (χ0n) is 5.09. The van der Waals surface area contributed by atoms with Crippen molar-refractivity contribution in [3.05, 3.63) is 32.3 Å². The van der Waals surface area contributed by atoms with Crippen LogP contribution in [0.25, 0.3) is 0 Å². The lowest BCUT2D eigenvalue weighted by Crippen LogP contribution is -1.65. The van der Waals surface area contributed by atoms with Gasteiger partial charge in [-0.1, -0.05) is 15.9 Å². The third kappa shape index (κ3) is 3.85. The molecule has 1 aromatic rings. The molecule has 0 atom stereocenters. The van der Waals surface area contributed by atoms with Gasteiger partial charge in [0.05, 0.1) is 0 Å². The van der Waals surface area contributed by atoms with Crippen LogP contribution in [0.5, 0.6) is 0 Å². The van der Waals surface area contributed by atoms with Gasteiger partial charge in [-0.15, -0.1) is 0 Å². The van der Waals surface area contributed by atoms with E-state index in [1.54, 1.807) is 0 Å². The fourth-order valence-electron chi connectivity index (χ4n) is 0.430. The smallest absolute Gasteiger partial charge is 0.0462 e. The Hall–Kier alpha value is -0.0800. The van der Waals surface area contributed by atoms with E-state index in [-0.39, 0.29) is 0 Å².